The van der Waals surface area contributed by atoms with Gasteiger partial charge in [0.05, 0.1) is 17.2 Å². The van der Waals surface area contributed by atoms with Gasteiger partial charge in [-0.15, -0.1) is 0 Å². The monoisotopic (exact) mass is 325 g/mol. The van der Waals surface area contributed by atoms with Gasteiger partial charge in [-0.3, -0.25) is 14.9 Å². The number of carbonyl (C=O) groups is 1. The van der Waals surface area contributed by atoms with Crippen LogP contribution in [0.1, 0.15) is 23.4 Å². The molecule has 0 aliphatic heterocycles. The summed E-state index contributed by atoms with van der Waals surface area (Å²) in [5, 5.41) is 23.0. The number of nitrogens with one attached hydrogen (secondary N) is 1. The fourth-order valence-electron chi connectivity index (χ4n) is 2.32. The zero-order valence-corrected chi connectivity index (χ0v) is 13.2. The second-order valence-electron chi connectivity index (χ2n) is 5.06. The Balaban J connectivity index is 2.26. The van der Waals surface area contributed by atoms with Gasteiger partial charge in [0.1, 0.15) is 6.42 Å². The molecule has 0 aliphatic carbocycles. The lowest BCUT2D eigenvalue weighted by molar-refractivity contribution is -0.384. The van der Waals surface area contributed by atoms with E-state index in [1.807, 2.05) is 24.5 Å². The lowest BCUT2D eigenvalue weighted by Gasteiger charge is -2.09. The van der Waals surface area contributed by atoms with E-state index < -0.39 is 10.8 Å². The lowest BCUT2D eigenvalue weighted by atomic mass is 10.2. The highest BCUT2D eigenvalue weighted by atomic mass is 16.6. The van der Waals surface area contributed by atoms with Crippen LogP contribution in [0.2, 0.25) is 0 Å². The van der Waals surface area contributed by atoms with Gasteiger partial charge in [-0.1, -0.05) is 0 Å². The Labute approximate surface area is 138 Å². The number of nitriles is 1. The van der Waals surface area contributed by atoms with Crippen molar-refractivity contribution in [2.75, 3.05) is 0 Å². The molecule has 122 valence electrons. The molecular formula is C16H15N5O3. The van der Waals surface area contributed by atoms with Crippen LogP contribution in [-0.2, 0) is 4.79 Å². The molecule has 1 amide bonds. The van der Waals surface area contributed by atoms with E-state index in [1.165, 1.54) is 18.3 Å². The fourth-order valence-corrected chi connectivity index (χ4v) is 2.32. The first-order valence-corrected chi connectivity index (χ1v) is 7.06. The number of nitrogens with zero attached hydrogens (tertiary/aromatic N) is 4. The van der Waals surface area contributed by atoms with E-state index in [9.17, 15) is 14.9 Å². The molecule has 0 spiro atoms. The van der Waals surface area contributed by atoms with Crippen LogP contribution in [0.15, 0.2) is 35.4 Å². The summed E-state index contributed by atoms with van der Waals surface area (Å²) in [6, 6.07) is 9.87. The third-order valence-electron chi connectivity index (χ3n) is 3.42. The average molecular weight is 325 g/mol. The minimum atomic E-state index is -0.474. The number of non-ortho nitro benzene ring substituents is 1. The molecule has 0 saturated carbocycles. The molecule has 2 rings (SSSR count). The number of carbonyl (C=O) groups excluding carboxylic acids is 1. The number of amides is 1. The minimum absolute atomic E-state index is 0.0307. The van der Waals surface area contributed by atoms with Crippen molar-refractivity contribution in [1.82, 2.24) is 9.99 Å². The van der Waals surface area contributed by atoms with Crippen molar-refractivity contribution in [2.45, 2.75) is 20.3 Å². The van der Waals surface area contributed by atoms with Crippen molar-refractivity contribution >= 4 is 17.8 Å². The van der Waals surface area contributed by atoms with Crippen molar-refractivity contribution < 1.29 is 9.72 Å². The van der Waals surface area contributed by atoms with Crippen LogP contribution in [0.25, 0.3) is 5.69 Å². The van der Waals surface area contributed by atoms with Crippen LogP contribution < -0.4 is 5.43 Å². The maximum absolute atomic E-state index is 11.2. The number of benzene rings is 1. The van der Waals surface area contributed by atoms with Crippen molar-refractivity contribution in [1.29, 1.82) is 5.26 Å². The third kappa shape index (κ3) is 3.64. The zero-order chi connectivity index (χ0) is 17.7. The molecule has 0 atom stereocenters. The number of aryl methyl sites for hydroxylation is 1. The molecule has 1 N–H and O–H groups in total. The smallest absolute Gasteiger partial charge is 0.269 e. The van der Waals surface area contributed by atoms with Crippen LogP contribution >= 0.6 is 0 Å². The SMILES string of the molecule is Cc1cc(C=NNC(=O)CC#N)c(C)n1-c1ccc([N+](=O)[O-])cc1. The van der Waals surface area contributed by atoms with Crippen molar-refractivity contribution in [3.05, 3.63) is 57.4 Å². The summed E-state index contributed by atoms with van der Waals surface area (Å²) in [6.07, 6.45) is 1.25. The molecule has 0 fully saturated rings. The molecular weight excluding hydrogens is 310 g/mol. The van der Waals surface area contributed by atoms with Gasteiger partial charge in [-0.25, -0.2) is 5.43 Å². The Hall–Kier alpha value is -3.47. The molecule has 8 nitrogen and oxygen atoms in total. The molecule has 0 saturated heterocycles. The number of rotatable bonds is 5. The highest BCUT2D eigenvalue weighted by Crippen LogP contribution is 2.21. The summed E-state index contributed by atoms with van der Waals surface area (Å²) < 4.78 is 1.93. The first-order chi connectivity index (χ1) is 11.4. The maximum Gasteiger partial charge on any atom is 0.269 e. The molecule has 0 bridgehead atoms. The number of hydrogen-bond donors (Lipinski definition) is 1. The normalized spacial score (nSPS) is 10.5. The second kappa shape index (κ2) is 7.19. The fraction of sp³-hybridized carbons (Fsp3) is 0.188. The Morgan fingerprint density at radius 1 is 1.42 bits per heavy atom. The minimum Gasteiger partial charge on any atom is -0.318 e. The summed E-state index contributed by atoms with van der Waals surface area (Å²) in [5.74, 6) is -0.474. The number of nitro benzene ring substituents is 1. The number of nitro groups is 1. The summed E-state index contributed by atoms with van der Waals surface area (Å²) in [6.45, 7) is 3.78. The van der Waals surface area contributed by atoms with Crippen LogP contribution in [-0.4, -0.2) is 21.6 Å². The van der Waals surface area contributed by atoms with E-state index in [0.29, 0.717) is 0 Å². The molecule has 0 radical (unpaired) electrons. The van der Waals surface area contributed by atoms with Crippen LogP contribution in [0.3, 0.4) is 0 Å². The molecule has 2 aromatic rings. The van der Waals surface area contributed by atoms with Gasteiger partial charge in [0, 0.05) is 34.8 Å². The number of hydrogen-bond acceptors (Lipinski definition) is 5. The van der Waals surface area contributed by atoms with Gasteiger partial charge in [-0.05, 0) is 32.0 Å². The molecule has 1 aromatic heterocycles. The van der Waals surface area contributed by atoms with Gasteiger partial charge < -0.3 is 4.57 Å². The maximum atomic E-state index is 11.2. The Bertz CT molecular complexity index is 844. The first-order valence-electron chi connectivity index (χ1n) is 7.06. The topological polar surface area (TPSA) is 113 Å². The van der Waals surface area contributed by atoms with E-state index in [-0.39, 0.29) is 12.1 Å². The Kier molecular flexibility index (Phi) is 5.06. The van der Waals surface area contributed by atoms with Gasteiger partial charge >= 0.3 is 0 Å². The van der Waals surface area contributed by atoms with Crippen molar-refractivity contribution in [2.24, 2.45) is 5.10 Å². The zero-order valence-electron chi connectivity index (χ0n) is 13.2. The van der Waals surface area contributed by atoms with Crippen LogP contribution in [0.4, 0.5) is 5.69 Å². The van der Waals surface area contributed by atoms with Gasteiger partial charge in [-0.2, -0.15) is 10.4 Å². The summed E-state index contributed by atoms with van der Waals surface area (Å²) in [7, 11) is 0. The second-order valence-corrected chi connectivity index (χ2v) is 5.06. The summed E-state index contributed by atoms with van der Waals surface area (Å²) in [5.41, 5.74) is 5.69. The molecule has 8 heteroatoms. The first kappa shape index (κ1) is 16.9. The predicted octanol–water partition coefficient (Wildman–Crippen LogP) is 2.37. The van der Waals surface area contributed by atoms with Gasteiger partial charge in [0.2, 0.25) is 0 Å². The number of aromatic nitrogens is 1. The van der Waals surface area contributed by atoms with Gasteiger partial charge in [0.25, 0.3) is 11.6 Å². The standard InChI is InChI=1S/C16H15N5O3/c1-11-9-13(10-18-19-16(22)7-8-17)12(2)20(11)14-3-5-15(6-4-14)21(23)24/h3-6,9-10H,7H2,1-2H3,(H,19,22). The lowest BCUT2D eigenvalue weighted by Crippen LogP contribution is -2.16. The third-order valence-corrected chi connectivity index (χ3v) is 3.42. The molecule has 0 unspecified atom stereocenters. The summed E-state index contributed by atoms with van der Waals surface area (Å²) in [4.78, 5) is 21.5. The average Bonchev–Trinajstić information content (AvgIpc) is 2.82. The van der Waals surface area contributed by atoms with Gasteiger partial charge in [0.15, 0.2) is 0 Å². The van der Waals surface area contributed by atoms with E-state index in [2.05, 4.69) is 10.5 Å². The van der Waals surface area contributed by atoms with Crippen LogP contribution in [0, 0.1) is 35.3 Å². The number of hydrazone groups is 1. The van der Waals surface area contributed by atoms with Crippen molar-refractivity contribution in [3.8, 4) is 11.8 Å². The van der Waals surface area contributed by atoms with Crippen LogP contribution in [0.5, 0.6) is 0 Å². The largest absolute Gasteiger partial charge is 0.318 e. The highest BCUT2D eigenvalue weighted by Gasteiger charge is 2.11. The molecule has 24 heavy (non-hydrogen) atoms. The molecule has 1 heterocycles. The molecule has 0 aliphatic rings. The Morgan fingerprint density at radius 3 is 2.67 bits per heavy atom. The quantitative estimate of drug-likeness (QED) is 0.516. The van der Waals surface area contributed by atoms with E-state index in [4.69, 9.17) is 5.26 Å². The van der Waals surface area contributed by atoms with E-state index in [0.717, 1.165) is 22.6 Å². The van der Waals surface area contributed by atoms with E-state index >= 15 is 0 Å². The van der Waals surface area contributed by atoms with Crippen molar-refractivity contribution in [3.63, 3.8) is 0 Å². The van der Waals surface area contributed by atoms with E-state index in [1.54, 1.807) is 18.2 Å². The highest BCUT2D eigenvalue weighted by molar-refractivity contribution is 5.84. The Morgan fingerprint density at radius 2 is 2.08 bits per heavy atom. The molecule has 1 aromatic carbocycles. The summed E-state index contributed by atoms with van der Waals surface area (Å²) >= 11 is 0. The predicted molar refractivity (Wildman–Crippen MR) is 87.9 cm³/mol.